The first kappa shape index (κ1) is 21.1. The van der Waals surface area contributed by atoms with Crippen molar-refractivity contribution in [2.24, 2.45) is 0 Å². The van der Waals surface area contributed by atoms with Crippen molar-refractivity contribution in [1.29, 1.82) is 0 Å². The van der Waals surface area contributed by atoms with Crippen molar-refractivity contribution in [3.8, 4) is 16.9 Å². The number of methoxy groups -OCH3 is 1. The lowest BCUT2D eigenvalue weighted by Gasteiger charge is -2.26. The zero-order valence-electron chi connectivity index (χ0n) is 17.9. The highest BCUT2D eigenvalue weighted by atomic mass is 16.5. The molecule has 0 radical (unpaired) electrons. The first-order valence-electron chi connectivity index (χ1n) is 10.7. The first-order chi connectivity index (χ1) is 15.3. The molecular formula is C24H29N5O2. The molecule has 0 amide bonds. The topological polar surface area (TPSA) is 71.5 Å². The number of hydrogen-bond donors (Lipinski definition) is 2. The number of hydrogen-bond acceptors (Lipinski definition) is 7. The Morgan fingerprint density at radius 1 is 1.03 bits per heavy atom. The van der Waals surface area contributed by atoms with E-state index in [4.69, 9.17) is 9.47 Å². The third kappa shape index (κ3) is 6.16. The van der Waals surface area contributed by atoms with Gasteiger partial charge in [0.05, 0.1) is 20.3 Å². The summed E-state index contributed by atoms with van der Waals surface area (Å²) >= 11 is 0. The van der Waals surface area contributed by atoms with Gasteiger partial charge in [-0.15, -0.1) is 0 Å². The van der Waals surface area contributed by atoms with Gasteiger partial charge in [0.15, 0.2) is 0 Å². The molecule has 0 unspecified atom stereocenters. The van der Waals surface area contributed by atoms with Crippen LogP contribution in [0.3, 0.4) is 0 Å². The Hall–Kier alpha value is -3.16. The third-order valence-electron chi connectivity index (χ3n) is 5.24. The average Bonchev–Trinajstić information content (AvgIpc) is 2.83. The number of nitrogens with one attached hydrogen (secondary N) is 2. The number of nitrogens with zero attached hydrogens (tertiary/aromatic N) is 3. The fourth-order valence-corrected chi connectivity index (χ4v) is 3.57. The molecular weight excluding hydrogens is 390 g/mol. The van der Waals surface area contributed by atoms with E-state index in [0.29, 0.717) is 5.95 Å². The zero-order valence-corrected chi connectivity index (χ0v) is 17.9. The molecule has 2 heterocycles. The van der Waals surface area contributed by atoms with E-state index in [9.17, 15) is 0 Å². The summed E-state index contributed by atoms with van der Waals surface area (Å²) in [6, 6.07) is 18.1. The van der Waals surface area contributed by atoms with Gasteiger partial charge >= 0.3 is 0 Å². The summed E-state index contributed by atoms with van der Waals surface area (Å²) in [6.07, 6.45) is 2.83. The molecule has 1 fully saturated rings. The molecule has 7 heteroatoms. The summed E-state index contributed by atoms with van der Waals surface area (Å²) in [5.41, 5.74) is 3.13. The van der Waals surface area contributed by atoms with E-state index in [1.165, 1.54) is 0 Å². The predicted octanol–water partition coefficient (Wildman–Crippen LogP) is 4.03. The van der Waals surface area contributed by atoms with Gasteiger partial charge in [-0.3, -0.25) is 4.90 Å². The third-order valence-corrected chi connectivity index (χ3v) is 5.24. The predicted molar refractivity (Wildman–Crippen MR) is 124 cm³/mol. The fourth-order valence-electron chi connectivity index (χ4n) is 3.57. The van der Waals surface area contributed by atoms with Crippen LogP contribution >= 0.6 is 0 Å². The number of morpholine rings is 1. The van der Waals surface area contributed by atoms with Gasteiger partial charge in [0.2, 0.25) is 5.95 Å². The van der Waals surface area contributed by atoms with Gasteiger partial charge in [0.1, 0.15) is 11.6 Å². The minimum absolute atomic E-state index is 0.570. The summed E-state index contributed by atoms with van der Waals surface area (Å²) < 4.78 is 10.7. The molecule has 0 spiro atoms. The van der Waals surface area contributed by atoms with E-state index >= 15 is 0 Å². The SMILES string of the molecule is COc1cccc(-c2cccc(Nc3nccc(NCCCN4CCOCC4)n3)c2)c1. The van der Waals surface area contributed by atoms with Crippen LogP contribution in [0.5, 0.6) is 5.75 Å². The highest BCUT2D eigenvalue weighted by Crippen LogP contribution is 2.26. The molecule has 0 atom stereocenters. The second-order valence-electron chi connectivity index (χ2n) is 7.44. The molecule has 0 aliphatic carbocycles. The summed E-state index contributed by atoms with van der Waals surface area (Å²) in [4.78, 5) is 11.4. The Morgan fingerprint density at radius 2 is 1.84 bits per heavy atom. The number of rotatable bonds is 9. The molecule has 1 aliphatic rings. The number of aromatic nitrogens is 2. The minimum atomic E-state index is 0.570. The van der Waals surface area contributed by atoms with Crippen LogP contribution in [0.25, 0.3) is 11.1 Å². The minimum Gasteiger partial charge on any atom is -0.497 e. The maximum Gasteiger partial charge on any atom is 0.229 e. The Labute approximate surface area is 183 Å². The van der Waals surface area contributed by atoms with E-state index < -0.39 is 0 Å². The lowest BCUT2D eigenvalue weighted by atomic mass is 10.0. The first-order valence-corrected chi connectivity index (χ1v) is 10.7. The monoisotopic (exact) mass is 419 g/mol. The second-order valence-corrected chi connectivity index (χ2v) is 7.44. The molecule has 0 saturated carbocycles. The average molecular weight is 420 g/mol. The van der Waals surface area contributed by atoms with Crippen LogP contribution in [-0.2, 0) is 4.74 Å². The Morgan fingerprint density at radius 3 is 2.68 bits per heavy atom. The molecule has 31 heavy (non-hydrogen) atoms. The van der Waals surface area contributed by atoms with E-state index in [0.717, 1.165) is 74.2 Å². The molecule has 1 aliphatic heterocycles. The molecule has 0 bridgehead atoms. The normalized spacial score (nSPS) is 14.2. The smallest absolute Gasteiger partial charge is 0.229 e. The Kier molecular flexibility index (Phi) is 7.31. The van der Waals surface area contributed by atoms with Crippen LogP contribution in [0.2, 0.25) is 0 Å². The molecule has 4 rings (SSSR count). The maximum atomic E-state index is 5.39. The molecule has 7 nitrogen and oxygen atoms in total. The number of anilines is 3. The van der Waals surface area contributed by atoms with Gasteiger partial charge in [-0.1, -0.05) is 24.3 Å². The fraction of sp³-hybridized carbons (Fsp3) is 0.333. The summed E-state index contributed by atoms with van der Waals surface area (Å²) in [5.74, 6) is 2.23. The van der Waals surface area contributed by atoms with Crippen LogP contribution in [0.15, 0.2) is 60.8 Å². The van der Waals surface area contributed by atoms with E-state index in [1.54, 1.807) is 13.3 Å². The molecule has 2 N–H and O–H groups in total. The van der Waals surface area contributed by atoms with Crippen LogP contribution in [0.4, 0.5) is 17.5 Å². The van der Waals surface area contributed by atoms with E-state index in [-0.39, 0.29) is 0 Å². The highest BCUT2D eigenvalue weighted by Gasteiger charge is 2.09. The van der Waals surface area contributed by atoms with Gasteiger partial charge in [0.25, 0.3) is 0 Å². The molecule has 162 valence electrons. The van der Waals surface area contributed by atoms with Crippen molar-refractivity contribution < 1.29 is 9.47 Å². The van der Waals surface area contributed by atoms with Crippen molar-refractivity contribution in [3.63, 3.8) is 0 Å². The van der Waals surface area contributed by atoms with Gasteiger partial charge in [-0.05, 0) is 54.4 Å². The Balaban J connectivity index is 1.34. The van der Waals surface area contributed by atoms with Crippen molar-refractivity contribution in [3.05, 3.63) is 60.8 Å². The van der Waals surface area contributed by atoms with Gasteiger partial charge in [-0.2, -0.15) is 4.98 Å². The van der Waals surface area contributed by atoms with Crippen LogP contribution in [-0.4, -0.2) is 61.4 Å². The molecule has 3 aromatic rings. The largest absolute Gasteiger partial charge is 0.497 e. The lowest BCUT2D eigenvalue weighted by molar-refractivity contribution is 0.0378. The second kappa shape index (κ2) is 10.7. The molecule has 1 saturated heterocycles. The zero-order chi connectivity index (χ0) is 21.3. The Bertz CT molecular complexity index is 975. The summed E-state index contributed by atoms with van der Waals surface area (Å²) in [5, 5.41) is 6.71. The van der Waals surface area contributed by atoms with E-state index in [2.05, 4.69) is 43.7 Å². The quantitative estimate of drug-likeness (QED) is 0.507. The summed E-state index contributed by atoms with van der Waals surface area (Å²) in [6.45, 7) is 5.68. The van der Waals surface area contributed by atoms with Gasteiger partial charge < -0.3 is 20.1 Å². The molecule has 2 aromatic carbocycles. The van der Waals surface area contributed by atoms with Crippen LogP contribution in [0.1, 0.15) is 6.42 Å². The molecule has 1 aromatic heterocycles. The lowest BCUT2D eigenvalue weighted by Crippen LogP contribution is -2.37. The van der Waals surface area contributed by atoms with Crippen molar-refractivity contribution >= 4 is 17.5 Å². The van der Waals surface area contributed by atoms with Gasteiger partial charge in [-0.25, -0.2) is 4.98 Å². The van der Waals surface area contributed by atoms with E-state index in [1.807, 2.05) is 36.4 Å². The number of benzene rings is 2. The van der Waals surface area contributed by atoms with Crippen LogP contribution < -0.4 is 15.4 Å². The van der Waals surface area contributed by atoms with Crippen molar-refractivity contribution in [2.45, 2.75) is 6.42 Å². The van der Waals surface area contributed by atoms with Crippen molar-refractivity contribution in [1.82, 2.24) is 14.9 Å². The van der Waals surface area contributed by atoms with Crippen molar-refractivity contribution in [2.75, 3.05) is 57.1 Å². The van der Waals surface area contributed by atoms with Crippen LogP contribution in [0, 0.1) is 0 Å². The summed E-state index contributed by atoms with van der Waals surface area (Å²) in [7, 11) is 1.68. The maximum absolute atomic E-state index is 5.39. The highest BCUT2D eigenvalue weighted by molar-refractivity contribution is 5.70. The number of ether oxygens (including phenoxy) is 2. The van der Waals surface area contributed by atoms with Gasteiger partial charge in [0, 0.05) is 31.5 Å². The standard InChI is InChI=1S/C24H29N5O2/c1-30-22-8-3-6-20(18-22)19-5-2-7-21(17-19)27-24-26-11-9-23(28-24)25-10-4-12-29-13-15-31-16-14-29/h2-3,5-9,11,17-18H,4,10,12-16H2,1H3,(H2,25,26,27,28).